The summed E-state index contributed by atoms with van der Waals surface area (Å²) in [6.07, 6.45) is -2.16. The van der Waals surface area contributed by atoms with Crippen LogP contribution in [0.2, 0.25) is 0 Å². The minimum absolute atomic E-state index is 0.0669. The predicted octanol–water partition coefficient (Wildman–Crippen LogP) is 6.23. The maximum absolute atomic E-state index is 14.6. The van der Waals surface area contributed by atoms with E-state index in [-0.39, 0.29) is 36.8 Å². The molecule has 10 nitrogen and oxygen atoms in total. The van der Waals surface area contributed by atoms with E-state index in [4.69, 9.17) is 23.7 Å². The van der Waals surface area contributed by atoms with Crippen molar-refractivity contribution in [3.05, 3.63) is 46.9 Å². The Morgan fingerprint density at radius 2 is 1.68 bits per heavy atom. The topological polar surface area (TPSA) is 135 Å². The molecule has 3 aliphatic rings. The molecule has 1 aromatic carbocycles. The average molecular weight is 761 g/mol. The van der Waals surface area contributed by atoms with Gasteiger partial charge in [-0.05, 0) is 76.4 Å². The van der Waals surface area contributed by atoms with Crippen LogP contribution < -0.4 is 0 Å². The van der Waals surface area contributed by atoms with E-state index in [9.17, 15) is 23.7 Å². The fourth-order valence-electron chi connectivity index (χ4n) is 9.04. The fraction of sp³-hybridized carbons (Fsp3) is 0.738. The van der Waals surface area contributed by atoms with Crippen molar-refractivity contribution in [1.82, 2.24) is 0 Å². The summed E-state index contributed by atoms with van der Waals surface area (Å²) in [6.45, 7) is 18.6. The first kappa shape index (κ1) is 43.4. The van der Waals surface area contributed by atoms with E-state index in [1.807, 2.05) is 78.8 Å². The highest BCUT2D eigenvalue weighted by Gasteiger charge is 2.56. The zero-order valence-corrected chi connectivity index (χ0v) is 34.5. The first-order chi connectivity index (χ1) is 24.9. The number of carbonyl (C=O) groups is 3. The van der Waals surface area contributed by atoms with Crippen molar-refractivity contribution in [2.45, 2.75) is 137 Å². The van der Waals surface area contributed by atoms with Crippen LogP contribution in [0.5, 0.6) is 0 Å². The lowest BCUT2D eigenvalue weighted by Crippen LogP contribution is -2.57. The van der Waals surface area contributed by atoms with Crippen molar-refractivity contribution >= 4 is 28.3 Å². The van der Waals surface area contributed by atoms with Crippen molar-refractivity contribution in [3.8, 4) is 0 Å². The van der Waals surface area contributed by atoms with Gasteiger partial charge in [-0.25, -0.2) is 0 Å². The Morgan fingerprint density at radius 1 is 1.02 bits per heavy atom. The van der Waals surface area contributed by atoms with Gasteiger partial charge in [0.1, 0.15) is 29.5 Å². The summed E-state index contributed by atoms with van der Waals surface area (Å²) >= 11 is 0. The molecule has 298 valence electrons. The molecule has 1 aromatic rings. The fourth-order valence-corrected chi connectivity index (χ4v) is 10.2. The molecular formula is C42H64O10S. The molecule has 3 saturated heterocycles. The number of Topliss-reactive ketones (excluding diaryl/α,β-unsaturated/α-hetero) is 2. The molecule has 14 atom stereocenters. The zero-order chi connectivity index (χ0) is 39.4. The number of aliphatic hydroxyl groups excluding tert-OH is 1. The van der Waals surface area contributed by atoms with Crippen molar-refractivity contribution < 1.29 is 47.4 Å². The van der Waals surface area contributed by atoms with Gasteiger partial charge >= 0.3 is 5.97 Å². The molecule has 0 radical (unpaired) electrons. The second-order valence-electron chi connectivity index (χ2n) is 16.5. The molecular weight excluding hydrogens is 697 g/mol. The van der Waals surface area contributed by atoms with E-state index >= 15 is 0 Å². The highest BCUT2D eigenvalue weighted by Crippen LogP contribution is 2.47. The summed E-state index contributed by atoms with van der Waals surface area (Å²) in [5, 5.41) is 13.2. The number of ether oxygens (including phenoxy) is 5. The van der Waals surface area contributed by atoms with Crippen LogP contribution in [0.4, 0.5) is 0 Å². The number of aryl methyl sites for hydroxylation is 1. The van der Waals surface area contributed by atoms with E-state index in [1.165, 1.54) is 14.0 Å². The normalized spacial score (nSPS) is 40.5. The first-order valence-electron chi connectivity index (χ1n) is 19.5. The van der Waals surface area contributed by atoms with Gasteiger partial charge in [-0.2, -0.15) is 0 Å². The number of hydrogen-bond donors (Lipinski definition) is 1. The second kappa shape index (κ2) is 18.1. The van der Waals surface area contributed by atoms with Gasteiger partial charge < -0.3 is 28.8 Å². The molecule has 11 heteroatoms. The smallest absolute Gasteiger partial charge is 0.316 e. The first-order valence-corrected chi connectivity index (χ1v) is 20.8. The Morgan fingerprint density at radius 3 is 2.28 bits per heavy atom. The number of carbonyl (C=O) groups excluding carboxylic acids is 3. The van der Waals surface area contributed by atoms with Crippen LogP contribution in [0, 0.1) is 41.4 Å². The second-order valence-corrected chi connectivity index (χ2v) is 17.9. The zero-order valence-electron chi connectivity index (χ0n) is 33.7. The number of benzene rings is 1. The van der Waals surface area contributed by atoms with Crippen LogP contribution in [0.15, 0.2) is 41.3 Å². The quantitative estimate of drug-likeness (QED) is 0.228. The Labute approximate surface area is 319 Å². The van der Waals surface area contributed by atoms with Gasteiger partial charge in [0.05, 0.1) is 24.4 Å². The molecule has 0 aromatic heterocycles. The van der Waals surface area contributed by atoms with Crippen LogP contribution in [0.3, 0.4) is 0 Å². The van der Waals surface area contributed by atoms with Crippen LogP contribution in [-0.4, -0.2) is 88.2 Å². The van der Waals surface area contributed by atoms with Crippen LogP contribution in [-0.2, 0) is 55.3 Å². The van der Waals surface area contributed by atoms with E-state index in [1.54, 1.807) is 19.3 Å². The number of ketones is 2. The number of esters is 1. The van der Waals surface area contributed by atoms with Crippen molar-refractivity contribution in [2.24, 2.45) is 41.4 Å². The number of fused-ring (bicyclic) bond motifs is 1. The van der Waals surface area contributed by atoms with Gasteiger partial charge in [-0.15, -0.1) is 0 Å². The molecule has 3 heterocycles. The lowest BCUT2D eigenvalue weighted by molar-refractivity contribution is -0.299. The third-order valence-corrected chi connectivity index (χ3v) is 13.4. The van der Waals surface area contributed by atoms with Gasteiger partial charge in [0, 0.05) is 52.7 Å². The largest absolute Gasteiger partial charge is 0.459 e. The molecule has 0 bridgehead atoms. The lowest BCUT2D eigenvalue weighted by atomic mass is 9.69. The summed E-state index contributed by atoms with van der Waals surface area (Å²) in [5.74, 6) is -4.51. The van der Waals surface area contributed by atoms with E-state index in [0.717, 1.165) is 11.1 Å². The molecule has 0 amide bonds. The minimum Gasteiger partial charge on any atom is -0.459 e. The highest BCUT2D eigenvalue weighted by atomic mass is 32.2. The maximum atomic E-state index is 14.6. The van der Waals surface area contributed by atoms with Crippen LogP contribution in [0.25, 0.3) is 0 Å². The number of methoxy groups -OCH3 is 1. The van der Waals surface area contributed by atoms with E-state index in [2.05, 4.69) is 0 Å². The van der Waals surface area contributed by atoms with Crippen LogP contribution >= 0.6 is 0 Å². The van der Waals surface area contributed by atoms with E-state index in [0.29, 0.717) is 25.0 Å². The molecule has 3 fully saturated rings. The molecule has 0 spiro atoms. The third-order valence-electron chi connectivity index (χ3n) is 12.3. The third kappa shape index (κ3) is 9.58. The molecule has 3 aliphatic heterocycles. The van der Waals surface area contributed by atoms with Gasteiger partial charge in [0.2, 0.25) is 0 Å². The Balaban J connectivity index is 1.74. The molecule has 53 heavy (non-hydrogen) atoms. The number of aliphatic hydroxyl groups is 1. The van der Waals surface area contributed by atoms with Gasteiger partial charge in [0.15, 0.2) is 12.1 Å². The summed E-state index contributed by atoms with van der Waals surface area (Å²) in [4.78, 5) is 42.8. The molecule has 0 saturated carbocycles. The van der Waals surface area contributed by atoms with E-state index < -0.39 is 87.9 Å². The number of rotatable bonds is 9. The molecule has 0 aliphatic carbocycles. The Hall–Kier alpha value is -2.28. The number of cyclic esters (lactones) is 1. The Bertz CT molecular complexity index is 1480. The van der Waals surface area contributed by atoms with Crippen LogP contribution in [0.1, 0.15) is 94.1 Å². The summed E-state index contributed by atoms with van der Waals surface area (Å²) in [5.41, 5.74) is -0.519. The lowest BCUT2D eigenvalue weighted by Gasteiger charge is -2.47. The number of hydrogen-bond acceptors (Lipinski definition) is 10. The Kier molecular flexibility index (Phi) is 14.8. The average Bonchev–Trinajstić information content (AvgIpc) is 3.46. The molecule has 3 unspecified atom stereocenters. The maximum Gasteiger partial charge on any atom is 0.316 e. The predicted molar refractivity (Wildman–Crippen MR) is 204 cm³/mol. The highest BCUT2D eigenvalue weighted by molar-refractivity contribution is 7.88. The minimum atomic E-state index is -1.35. The van der Waals surface area contributed by atoms with Gasteiger partial charge in [-0.3, -0.25) is 18.6 Å². The summed E-state index contributed by atoms with van der Waals surface area (Å²) in [6, 6.07) is 9.86. The molecule has 4 rings (SSSR count). The van der Waals surface area contributed by atoms with Crippen molar-refractivity contribution in [1.29, 1.82) is 0 Å². The standard InChI is InChI=1S/C42H64O10S/c1-12-33-42(10)34(31(22-49-42)23-53(47)19-18-30-16-14-13-15-17-30)27(6)35(43)25(4)21-41(9,48-11)38(28(7)36(44)29(8)39(46)51-33)52-40-37(45)32(24(2)3)20-26(5)50-40/h13-17,23-29,32-34,37-38,40,45H,12,18-22H2,1-11H3/b31-23+/t25-,26-,27?,28+,29?,32-,33-,34-,37-,38-,40+,41-,42-,53?/m1/s1. The monoisotopic (exact) mass is 760 g/mol. The van der Waals surface area contributed by atoms with Gasteiger partial charge in [-0.1, -0.05) is 71.9 Å². The summed E-state index contributed by atoms with van der Waals surface area (Å²) in [7, 11) is 0.169. The summed E-state index contributed by atoms with van der Waals surface area (Å²) < 4.78 is 45.1. The SMILES string of the molecule is CC[C@H]1OC(=O)C(C)C(=O)[C@H](C)[C@@H](O[C@@H]2O[C@H](C)C[C@H](C(C)C)[C@H]2O)[C@](C)(OC)C[C@@H](C)C(=O)C(C)[C@@H]2/C(=C/S(=O)CCc3ccccc3)CO[C@]12C. The molecule has 1 N–H and O–H groups in total. The van der Waals surface area contributed by atoms with Gasteiger partial charge in [0.25, 0.3) is 0 Å². The van der Waals surface area contributed by atoms with Crippen molar-refractivity contribution in [3.63, 3.8) is 0 Å². The van der Waals surface area contributed by atoms with Crippen molar-refractivity contribution in [2.75, 3.05) is 19.5 Å².